The highest BCUT2D eigenvalue weighted by Crippen LogP contribution is 2.29. The standard InChI is InChI=1S/C21H23FN4O4S.C16H20FN3O2/c1-21(2,3)30-20(27)25(4)13-15-11-18(17-8-6-10-24-19(17)22)26(14-15)31(28,29)16-7-5-9-23-12-16;1-16(2,3)22-15(21)20(4)10-11-8-13(19-9-11)12-6-5-7-18-14(12)17/h5-12,14H,13H2,1-4H3;5-9,19H,10H2,1-4H3. The van der Waals surface area contributed by atoms with Crippen LogP contribution in [0.3, 0.4) is 0 Å². The minimum absolute atomic E-state index is 0.0149. The van der Waals surface area contributed by atoms with E-state index in [2.05, 4.69) is 19.9 Å². The van der Waals surface area contributed by atoms with E-state index in [1.807, 2.05) is 20.8 Å². The molecule has 0 aliphatic rings. The first-order valence-electron chi connectivity index (χ1n) is 16.4. The molecule has 5 aromatic rings. The number of H-pyrrole nitrogens is 1. The van der Waals surface area contributed by atoms with Crippen molar-refractivity contribution >= 4 is 22.2 Å². The third kappa shape index (κ3) is 10.9. The van der Waals surface area contributed by atoms with Crippen molar-refractivity contribution in [3.63, 3.8) is 0 Å². The van der Waals surface area contributed by atoms with Gasteiger partial charge in [-0.05, 0) is 101 Å². The Morgan fingerprint density at radius 2 is 1.32 bits per heavy atom. The second-order valence-electron chi connectivity index (χ2n) is 14.0. The summed E-state index contributed by atoms with van der Waals surface area (Å²) in [5.41, 5.74) is 1.24. The van der Waals surface area contributed by atoms with E-state index in [9.17, 15) is 26.8 Å². The van der Waals surface area contributed by atoms with Crippen molar-refractivity contribution in [2.75, 3.05) is 14.1 Å². The molecule has 282 valence electrons. The summed E-state index contributed by atoms with van der Waals surface area (Å²) >= 11 is 0. The first kappa shape index (κ1) is 40.1. The van der Waals surface area contributed by atoms with Gasteiger partial charge in [-0.25, -0.2) is 31.9 Å². The average Bonchev–Trinajstić information content (AvgIpc) is 3.72. The summed E-state index contributed by atoms with van der Waals surface area (Å²) in [4.78, 5) is 41.0. The molecule has 0 aromatic carbocycles. The topological polar surface area (TPSA) is 153 Å². The van der Waals surface area contributed by atoms with Crippen molar-refractivity contribution in [2.24, 2.45) is 0 Å². The Hall–Kier alpha value is -5.64. The van der Waals surface area contributed by atoms with Gasteiger partial charge in [0.25, 0.3) is 10.0 Å². The molecule has 0 aliphatic carbocycles. The summed E-state index contributed by atoms with van der Waals surface area (Å²) in [6.07, 6.45) is 7.47. The second kappa shape index (κ2) is 16.4. The van der Waals surface area contributed by atoms with Crippen LogP contribution >= 0.6 is 0 Å². The van der Waals surface area contributed by atoms with Crippen LogP contribution in [0.4, 0.5) is 18.4 Å². The van der Waals surface area contributed by atoms with Crippen LogP contribution in [0.25, 0.3) is 22.5 Å². The molecule has 13 nitrogen and oxygen atoms in total. The normalized spacial score (nSPS) is 11.7. The summed E-state index contributed by atoms with van der Waals surface area (Å²) in [7, 11) is -0.882. The molecule has 5 aromatic heterocycles. The number of carbonyl (C=O) groups excluding carboxylic acids is 2. The molecule has 1 N–H and O–H groups in total. The van der Waals surface area contributed by atoms with E-state index in [1.165, 1.54) is 78.2 Å². The highest BCUT2D eigenvalue weighted by atomic mass is 32.2. The number of nitrogens with one attached hydrogen (secondary N) is 1. The fraction of sp³-hybridized carbons (Fsp3) is 0.324. The van der Waals surface area contributed by atoms with Crippen LogP contribution in [-0.4, -0.2) is 79.6 Å². The second-order valence-corrected chi connectivity index (χ2v) is 15.8. The molecular formula is C37H43F2N7O6S. The number of hydrogen-bond acceptors (Lipinski definition) is 9. The van der Waals surface area contributed by atoms with Crippen LogP contribution in [0.5, 0.6) is 0 Å². The lowest BCUT2D eigenvalue weighted by molar-refractivity contribution is 0.0275. The van der Waals surface area contributed by atoms with E-state index in [0.29, 0.717) is 23.4 Å². The predicted octanol–water partition coefficient (Wildman–Crippen LogP) is 7.27. The molecule has 0 aliphatic heterocycles. The van der Waals surface area contributed by atoms with Crippen LogP contribution in [0.2, 0.25) is 0 Å². The molecule has 0 fully saturated rings. The summed E-state index contributed by atoms with van der Waals surface area (Å²) in [6.45, 7) is 11.1. The summed E-state index contributed by atoms with van der Waals surface area (Å²) in [6, 6.07) is 12.5. The Bertz CT molecular complexity index is 2140. The zero-order valence-corrected chi connectivity index (χ0v) is 31.6. The lowest BCUT2D eigenvalue weighted by Gasteiger charge is -2.24. The van der Waals surface area contributed by atoms with Gasteiger partial charge < -0.3 is 24.3 Å². The molecule has 2 amide bonds. The molecule has 16 heteroatoms. The fourth-order valence-corrected chi connectivity index (χ4v) is 6.15. The van der Waals surface area contributed by atoms with Crippen molar-refractivity contribution in [3.05, 3.63) is 109 Å². The van der Waals surface area contributed by atoms with E-state index < -0.39 is 45.3 Å². The van der Waals surface area contributed by atoms with Gasteiger partial charge >= 0.3 is 12.2 Å². The molecule has 0 spiro atoms. The number of ether oxygens (including phenoxy) is 2. The number of halogens is 2. The average molecular weight is 752 g/mol. The van der Waals surface area contributed by atoms with Gasteiger partial charge in [0.05, 0.1) is 35.6 Å². The van der Waals surface area contributed by atoms with E-state index in [-0.39, 0.29) is 22.7 Å². The van der Waals surface area contributed by atoms with Crippen molar-refractivity contribution in [1.82, 2.24) is 33.7 Å². The molecule has 53 heavy (non-hydrogen) atoms. The molecule has 0 unspecified atom stereocenters. The maximum atomic E-state index is 14.4. The van der Waals surface area contributed by atoms with Crippen molar-refractivity contribution in [3.8, 4) is 22.5 Å². The Kier molecular flexibility index (Phi) is 12.4. The largest absolute Gasteiger partial charge is 0.444 e. The maximum Gasteiger partial charge on any atom is 0.410 e. The fourth-order valence-electron chi connectivity index (χ4n) is 4.80. The highest BCUT2D eigenvalue weighted by Gasteiger charge is 2.26. The molecule has 0 saturated heterocycles. The zero-order valence-electron chi connectivity index (χ0n) is 30.8. The first-order chi connectivity index (χ1) is 24.7. The predicted molar refractivity (Wildman–Crippen MR) is 194 cm³/mol. The highest BCUT2D eigenvalue weighted by molar-refractivity contribution is 7.90. The number of carbonyl (C=O) groups is 2. The molecule has 0 saturated carbocycles. The summed E-state index contributed by atoms with van der Waals surface area (Å²) < 4.78 is 66.1. The Labute approximate surface area is 307 Å². The molecule has 0 radical (unpaired) electrons. The van der Waals surface area contributed by atoms with E-state index in [4.69, 9.17) is 9.47 Å². The lowest BCUT2D eigenvalue weighted by atomic mass is 10.2. The number of aromatic nitrogens is 5. The number of aromatic amines is 1. The molecule has 0 bridgehead atoms. The van der Waals surface area contributed by atoms with Gasteiger partial charge in [0.1, 0.15) is 16.1 Å². The van der Waals surface area contributed by atoms with E-state index in [1.54, 1.807) is 52.2 Å². The summed E-state index contributed by atoms with van der Waals surface area (Å²) in [5.74, 6) is -1.34. The number of pyridine rings is 3. The van der Waals surface area contributed by atoms with E-state index in [0.717, 1.165) is 9.54 Å². The number of nitrogens with zero attached hydrogens (tertiary/aromatic N) is 6. The first-order valence-corrected chi connectivity index (χ1v) is 17.8. The molecule has 0 atom stereocenters. The molecule has 5 rings (SSSR count). The lowest BCUT2D eigenvalue weighted by Crippen LogP contribution is -2.33. The Morgan fingerprint density at radius 3 is 1.83 bits per heavy atom. The van der Waals surface area contributed by atoms with Gasteiger partial charge in [-0.15, -0.1) is 0 Å². The Balaban J connectivity index is 0.000000251. The van der Waals surface area contributed by atoms with Crippen LogP contribution in [0.15, 0.2) is 90.6 Å². The third-order valence-electron chi connectivity index (χ3n) is 7.11. The van der Waals surface area contributed by atoms with Gasteiger partial charge in [-0.3, -0.25) is 4.98 Å². The van der Waals surface area contributed by atoms with Gasteiger partial charge in [0.15, 0.2) is 0 Å². The molecule has 5 heterocycles. The van der Waals surface area contributed by atoms with Gasteiger partial charge in [0.2, 0.25) is 11.9 Å². The zero-order chi connectivity index (χ0) is 39.1. The maximum absolute atomic E-state index is 14.4. The van der Waals surface area contributed by atoms with Gasteiger partial charge in [-0.2, -0.15) is 8.78 Å². The quantitative estimate of drug-likeness (QED) is 0.161. The van der Waals surface area contributed by atoms with Crippen LogP contribution < -0.4 is 0 Å². The number of rotatable bonds is 8. The molecular weight excluding hydrogens is 709 g/mol. The SMILES string of the molecule is CN(Cc1c[nH]c(-c2cccnc2F)c1)C(=O)OC(C)(C)C.CN(Cc1cc(-c2cccnc2F)n(S(=O)(=O)c2cccnc2)c1)C(=O)OC(C)(C)C. The van der Waals surface area contributed by atoms with Crippen LogP contribution in [-0.2, 0) is 32.6 Å². The van der Waals surface area contributed by atoms with Crippen LogP contribution in [0.1, 0.15) is 52.7 Å². The van der Waals surface area contributed by atoms with Crippen LogP contribution in [0, 0.1) is 11.9 Å². The van der Waals surface area contributed by atoms with Gasteiger partial charge in [-0.1, -0.05) is 0 Å². The van der Waals surface area contributed by atoms with Crippen molar-refractivity contribution in [2.45, 2.75) is 70.7 Å². The van der Waals surface area contributed by atoms with E-state index >= 15 is 0 Å². The Morgan fingerprint density at radius 1 is 0.792 bits per heavy atom. The summed E-state index contributed by atoms with van der Waals surface area (Å²) in [5, 5.41) is 0. The van der Waals surface area contributed by atoms with Gasteiger partial charge in [0, 0.05) is 51.3 Å². The smallest absolute Gasteiger partial charge is 0.410 e. The number of amides is 2. The van der Waals surface area contributed by atoms with Crippen molar-refractivity contribution in [1.29, 1.82) is 0 Å². The minimum atomic E-state index is -4.07. The number of hydrogen-bond donors (Lipinski definition) is 1. The monoisotopic (exact) mass is 751 g/mol. The minimum Gasteiger partial charge on any atom is -0.444 e. The third-order valence-corrected chi connectivity index (χ3v) is 8.77. The van der Waals surface area contributed by atoms with Crippen molar-refractivity contribution < 1.29 is 36.3 Å².